The van der Waals surface area contributed by atoms with Gasteiger partial charge in [-0.1, -0.05) is 30.3 Å². The summed E-state index contributed by atoms with van der Waals surface area (Å²) in [5, 5.41) is 5.15. The summed E-state index contributed by atoms with van der Waals surface area (Å²) in [6.45, 7) is 0.224. The summed E-state index contributed by atoms with van der Waals surface area (Å²) in [6.07, 6.45) is 1.15. The first-order valence-corrected chi connectivity index (χ1v) is 13.3. The van der Waals surface area contributed by atoms with E-state index < -0.39 is 10.0 Å². The molecule has 10 heteroatoms. The molecule has 0 unspecified atom stereocenters. The molecule has 1 amide bonds. The fraction of sp³-hybridized carbons (Fsp3) is 0.120. The molecule has 1 N–H and O–H groups in total. The highest BCUT2D eigenvalue weighted by molar-refractivity contribution is 7.92. The lowest BCUT2D eigenvalue weighted by molar-refractivity contribution is 0.102. The van der Waals surface area contributed by atoms with Gasteiger partial charge in [-0.3, -0.25) is 14.4 Å². The molecule has 8 nitrogen and oxygen atoms in total. The summed E-state index contributed by atoms with van der Waals surface area (Å²) >= 11 is 1.32. The number of hydrogen-bond donors (Lipinski definition) is 1. The van der Waals surface area contributed by atoms with Crippen molar-refractivity contribution in [3.8, 4) is 33.9 Å². The standard InChI is InChI=1S/C25H21N3O5S2/c1-28(35(2,30)31)20-10-7-17(8-11-20)21-14-34-25(26-21)27-24(29)18-5-3-16(4-6-18)19-9-12-22-23(13-19)33-15-32-22/h3-14H,15H2,1-2H3,(H,26,27,29). The number of thiazole rings is 1. The van der Waals surface area contributed by atoms with Gasteiger partial charge in [-0.25, -0.2) is 13.4 Å². The molecular formula is C25H21N3O5S2. The topological polar surface area (TPSA) is 97.8 Å². The van der Waals surface area contributed by atoms with Crippen molar-refractivity contribution in [1.82, 2.24) is 4.98 Å². The number of ether oxygens (including phenoxy) is 2. The minimum Gasteiger partial charge on any atom is -0.454 e. The number of hydrogen-bond acceptors (Lipinski definition) is 7. The van der Waals surface area contributed by atoms with E-state index in [9.17, 15) is 13.2 Å². The zero-order chi connectivity index (χ0) is 24.6. The highest BCUT2D eigenvalue weighted by atomic mass is 32.2. The Morgan fingerprint density at radius 1 is 0.943 bits per heavy atom. The van der Waals surface area contributed by atoms with Gasteiger partial charge in [0.2, 0.25) is 16.8 Å². The fourth-order valence-electron chi connectivity index (χ4n) is 3.56. The van der Waals surface area contributed by atoms with Crippen LogP contribution in [0, 0.1) is 0 Å². The van der Waals surface area contributed by atoms with Gasteiger partial charge in [-0.2, -0.15) is 0 Å². The van der Waals surface area contributed by atoms with Crippen LogP contribution < -0.4 is 19.1 Å². The van der Waals surface area contributed by atoms with Crippen LogP contribution in [0.4, 0.5) is 10.8 Å². The SMILES string of the molecule is CN(c1ccc(-c2csc(NC(=O)c3ccc(-c4ccc5c(c4)OCO5)cc3)n2)cc1)S(C)(=O)=O. The number of carbonyl (C=O) groups excluding carboxylic acids is 1. The van der Waals surface area contributed by atoms with E-state index in [4.69, 9.17) is 9.47 Å². The lowest BCUT2D eigenvalue weighted by atomic mass is 10.0. The van der Waals surface area contributed by atoms with Crippen molar-refractivity contribution in [2.24, 2.45) is 0 Å². The summed E-state index contributed by atoms with van der Waals surface area (Å²) in [4.78, 5) is 17.2. The summed E-state index contributed by atoms with van der Waals surface area (Å²) in [5.41, 5.74) is 4.52. The van der Waals surface area contributed by atoms with Crippen molar-refractivity contribution < 1.29 is 22.7 Å². The Morgan fingerprint density at radius 2 is 1.60 bits per heavy atom. The van der Waals surface area contributed by atoms with Gasteiger partial charge < -0.3 is 9.47 Å². The van der Waals surface area contributed by atoms with Gasteiger partial charge in [0.25, 0.3) is 5.91 Å². The molecule has 5 rings (SSSR count). The van der Waals surface area contributed by atoms with Crippen molar-refractivity contribution in [3.63, 3.8) is 0 Å². The van der Waals surface area contributed by atoms with Crippen LogP contribution in [0.25, 0.3) is 22.4 Å². The van der Waals surface area contributed by atoms with E-state index in [0.29, 0.717) is 27.8 Å². The van der Waals surface area contributed by atoms with Crippen LogP contribution in [0.3, 0.4) is 0 Å². The molecular weight excluding hydrogens is 486 g/mol. The van der Waals surface area contributed by atoms with Crippen molar-refractivity contribution in [1.29, 1.82) is 0 Å². The number of fused-ring (bicyclic) bond motifs is 1. The number of nitrogens with zero attached hydrogens (tertiary/aromatic N) is 2. The summed E-state index contributed by atoms with van der Waals surface area (Å²) in [7, 11) is -1.83. The maximum atomic E-state index is 12.7. The molecule has 0 aliphatic carbocycles. The minimum atomic E-state index is -3.33. The maximum absolute atomic E-state index is 12.7. The molecule has 1 aliphatic heterocycles. The fourth-order valence-corrected chi connectivity index (χ4v) is 4.78. The average Bonchev–Trinajstić information content (AvgIpc) is 3.52. The summed E-state index contributed by atoms with van der Waals surface area (Å²) in [5.74, 6) is 1.18. The molecule has 0 radical (unpaired) electrons. The Balaban J connectivity index is 1.26. The molecule has 0 saturated carbocycles. The molecule has 35 heavy (non-hydrogen) atoms. The highest BCUT2D eigenvalue weighted by Crippen LogP contribution is 2.36. The molecule has 0 atom stereocenters. The van der Waals surface area contributed by atoms with E-state index in [2.05, 4.69) is 10.3 Å². The van der Waals surface area contributed by atoms with Crippen LogP contribution in [0.2, 0.25) is 0 Å². The van der Waals surface area contributed by atoms with Gasteiger partial charge in [-0.15, -0.1) is 11.3 Å². The third-order valence-corrected chi connectivity index (χ3v) is 7.57. The zero-order valence-electron chi connectivity index (χ0n) is 18.9. The number of carbonyl (C=O) groups is 1. The second-order valence-electron chi connectivity index (χ2n) is 7.91. The molecule has 178 valence electrons. The monoisotopic (exact) mass is 507 g/mol. The lowest BCUT2D eigenvalue weighted by Gasteiger charge is -2.16. The molecule has 1 aromatic heterocycles. The largest absolute Gasteiger partial charge is 0.454 e. The molecule has 0 spiro atoms. The summed E-state index contributed by atoms with van der Waals surface area (Å²) < 4.78 is 35.4. The Bertz CT molecular complexity index is 1500. The molecule has 0 saturated heterocycles. The number of sulfonamides is 1. The van der Waals surface area contributed by atoms with Crippen LogP contribution in [0.5, 0.6) is 11.5 Å². The van der Waals surface area contributed by atoms with E-state index in [0.717, 1.165) is 28.7 Å². The number of aromatic nitrogens is 1. The van der Waals surface area contributed by atoms with Crippen molar-refractivity contribution in [2.75, 3.05) is 29.7 Å². The van der Waals surface area contributed by atoms with Gasteiger partial charge in [0, 0.05) is 23.6 Å². The predicted octanol–water partition coefficient (Wildman–Crippen LogP) is 4.85. The second-order valence-corrected chi connectivity index (χ2v) is 10.8. The van der Waals surface area contributed by atoms with E-state index >= 15 is 0 Å². The molecule has 1 aliphatic rings. The van der Waals surface area contributed by atoms with Crippen molar-refractivity contribution >= 4 is 38.1 Å². The van der Waals surface area contributed by atoms with E-state index in [1.54, 1.807) is 36.4 Å². The molecule has 3 aromatic carbocycles. The molecule has 0 fully saturated rings. The van der Waals surface area contributed by atoms with Crippen LogP contribution in [-0.2, 0) is 10.0 Å². The Kier molecular flexibility index (Phi) is 5.91. The van der Waals surface area contributed by atoms with E-state index in [-0.39, 0.29) is 12.7 Å². The van der Waals surface area contributed by atoms with Gasteiger partial charge in [-0.05, 0) is 47.5 Å². The number of nitrogens with one attached hydrogen (secondary N) is 1. The molecule has 2 heterocycles. The maximum Gasteiger partial charge on any atom is 0.257 e. The van der Waals surface area contributed by atoms with Crippen LogP contribution in [0.1, 0.15) is 10.4 Å². The van der Waals surface area contributed by atoms with Gasteiger partial charge in [0.1, 0.15) is 0 Å². The smallest absolute Gasteiger partial charge is 0.257 e. The summed E-state index contributed by atoms with van der Waals surface area (Å²) in [6, 6.07) is 20.1. The Labute approximate surface area is 206 Å². The van der Waals surface area contributed by atoms with Crippen LogP contribution >= 0.6 is 11.3 Å². The molecule has 0 bridgehead atoms. The number of benzene rings is 3. The predicted molar refractivity (Wildman–Crippen MR) is 137 cm³/mol. The van der Waals surface area contributed by atoms with E-state index in [1.165, 1.54) is 22.7 Å². The lowest BCUT2D eigenvalue weighted by Crippen LogP contribution is -2.24. The van der Waals surface area contributed by atoms with E-state index in [1.807, 2.05) is 35.7 Å². The highest BCUT2D eigenvalue weighted by Gasteiger charge is 2.15. The number of amides is 1. The van der Waals surface area contributed by atoms with Gasteiger partial charge >= 0.3 is 0 Å². The third-order valence-electron chi connectivity index (χ3n) is 5.60. The number of rotatable bonds is 6. The minimum absolute atomic E-state index is 0.224. The Morgan fingerprint density at radius 3 is 2.31 bits per heavy atom. The first kappa shape index (κ1) is 22.9. The average molecular weight is 508 g/mol. The normalized spacial score (nSPS) is 12.4. The third kappa shape index (κ3) is 4.84. The molecule has 4 aromatic rings. The van der Waals surface area contributed by atoms with Crippen LogP contribution in [0.15, 0.2) is 72.1 Å². The van der Waals surface area contributed by atoms with Crippen molar-refractivity contribution in [2.45, 2.75) is 0 Å². The zero-order valence-corrected chi connectivity index (χ0v) is 20.5. The van der Waals surface area contributed by atoms with Gasteiger partial charge in [0.15, 0.2) is 16.6 Å². The van der Waals surface area contributed by atoms with Gasteiger partial charge in [0.05, 0.1) is 17.6 Å². The first-order chi connectivity index (χ1) is 16.8. The quantitative estimate of drug-likeness (QED) is 0.401. The second kappa shape index (κ2) is 9.05. The van der Waals surface area contributed by atoms with Crippen molar-refractivity contribution in [3.05, 3.63) is 77.7 Å². The Hall–Kier alpha value is -3.89. The first-order valence-electron chi connectivity index (χ1n) is 10.6. The van der Waals surface area contributed by atoms with Crippen LogP contribution in [-0.4, -0.2) is 39.4 Å². The number of anilines is 2.